The van der Waals surface area contributed by atoms with Crippen LogP contribution in [0.15, 0.2) is 18.2 Å². The number of β-amino-alcohol motifs (C(OH)–C–C–N with tert-alkyl or cyclic N) is 1. The van der Waals surface area contributed by atoms with Crippen LogP contribution in [0.5, 0.6) is 0 Å². The lowest BCUT2D eigenvalue weighted by molar-refractivity contribution is -0.159. The molecule has 0 aromatic heterocycles. The van der Waals surface area contributed by atoms with Crippen molar-refractivity contribution in [2.75, 3.05) is 18.6 Å². The van der Waals surface area contributed by atoms with E-state index in [2.05, 4.69) is 4.74 Å². The van der Waals surface area contributed by atoms with E-state index in [0.29, 0.717) is 11.3 Å². The molecule has 0 saturated heterocycles. The molecular formula is C15H17NO5. The third-order valence-corrected chi connectivity index (χ3v) is 3.54. The first-order valence-corrected chi connectivity index (χ1v) is 6.61. The minimum Gasteiger partial charge on any atom is -0.467 e. The van der Waals surface area contributed by atoms with Crippen LogP contribution in [0.1, 0.15) is 29.8 Å². The third kappa shape index (κ3) is 2.54. The second-order valence-electron chi connectivity index (χ2n) is 5.19. The van der Waals surface area contributed by atoms with Crippen LogP contribution >= 0.6 is 0 Å². The summed E-state index contributed by atoms with van der Waals surface area (Å²) in [6.07, 6.45) is 0.745. The van der Waals surface area contributed by atoms with E-state index < -0.39 is 23.3 Å². The lowest BCUT2D eigenvalue weighted by atomic mass is 10.1. The number of methoxy groups -OCH3 is 1. The van der Waals surface area contributed by atoms with Crippen molar-refractivity contribution in [1.29, 1.82) is 0 Å². The Morgan fingerprint density at radius 1 is 1.38 bits per heavy atom. The van der Waals surface area contributed by atoms with Crippen molar-refractivity contribution < 1.29 is 24.2 Å². The number of ketones is 1. The fraction of sp³-hybridized carbons (Fsp3) is 0.400. The normalized spacial score (nSPS) is 16.7. The number of aliphatic hydroxyl groups is 1. The Morgan fingerprint density at radius 3 is 2.62 bits per heavy atom. The second kappa shape index (κ2) is 5.29. The fourth-order valence-corrected chi connectivity index (χ4v) is 2.32. The molecule has 1 unspecified atom stereocenters. The number of ether oxygens (including phenoxy) is 1. The molecule has 112 valence electrons. The summed E-state index contributed by atoms with van der Waals surface area (Å²) in [6.45, 7) is 2.86. The van der Waals surface area contributed by atoms with Gasteiger partial charge in [0.05, 0.1) is 24.9 Å². The van der Waals surface area contributed by atoms with E-state index in [9.17, 15) is 19.5 Å². The highest BCUT2D eigenvalue weighted by Crippen LogP contribution is 2.31. The summed E-state index contributed by atoms with van der Waals surface area (Å²) in [5, 5.41) is 10.1. The van der Waals surface area contributed by atoms with Gasteiger partial charge < -0.3 is 14.7 Å². The number of nitrogens with zero attached hydrogens (tertiary/aromatic N) is 1. The second-order valence-corrected chi connectivity index (χ2v) is 5.19. The van der Waals surface area contributed by atoms with E-state index in [4.69, 9.17) is 0 Å². The number of carbonyl (C=O) groups excluding carboxylic acids is 3. The Kier molecular flexibility index (Phi) is 3.82. The van der Waals surface area contributed by atoms with Crippen molar-refractivity contribution in [2.45, 2.75) is 25.9 Å². The van der Waals surface area contributed by atoms with Crippen LogP contribution in [0, 0.1) is 0 Å². The van der Waals surface area contributed by atoms with Crippen LogP contribution in [-0.4, -0.2) is 42.0 Å². The third-order valence-electron chi connectivity index (χ3n) is 3.54. The predicted molar refractivity (Wildman–Crippen MR) is 75.1 cm³/mol. The van der Waals surface area contributed by atoms with Gasteiger partial charge in [-0.1, -0.05) is 13.0 Å². The van der Waals surface area contributed by atoms with E-state index in [1.165, 1.54) is 6.92 Å². The van der Waals surface area contributed by atoms with Gasteiger partial charge in [0.1, 0.15) is 0 Å². The molecule has 1 aliphatic rings. The van der Waals surface area contributed by atoms with Crippen LogP contribution in [0.25, 0.3) is 0 Å². The minimum atomic E-state index is -1.88. The maximum atomic E-state index is 12.1. The lowest BCUT2D eigenvalue weighted by Gasteiger charge is -2.26. The van der Waals surface area contributed by atoms with Gasteiger partial charge in [-0.25, -0.2) is 4.79 Å². The fourth-order valence-electron chi connectivity index (χ4n) is 2.32. The van der Waals surface area contributed by atoms with Crippen molar-refractivity contribution in [3.8, 4) is 0 Å². The summed E-state index contributed by atoms with van der Waals surface area (Å²) in [6, 6.07) is 5.14. The quantitative estimate of drug-likeness (QED) is 0.652. The first-order chi connectivity index (χ1) is 9.81. The number of aryl methyl sites for hydroxylation is 1. The standard InChI is InChI=1S/C15H17NO5/c1-4-9-5-6-11-10(7-9)12(17)13(18)16(11)8-15(2,20)14(19)21-3/h5-7,20H,4,8H2,1-3H3. The molecule has 1 aliphatic heterocycles. The molecule has 1 amide bonds. The molecule has 0 bridgehead atoms. The molecule has 1 N–H and O–H groups in total. The van der Waals surface area contributed by atoms with Gasteiger partial charge >= 0.3 is 5.97 Å². The van der Waals surface area contributed by atoms with Crippen LogP contribution in [0.4, 0.5) is 5.69 Å². The molecule has 1 heterocycles. The van der Waals surface area contributed by atoms with Gasteiger partial charge in [-0.15, -0.1) is 0 Å². The van der Waals surface area contributed by atoms with Gasteiger partial charge in [-0.05, 0) is 31.0 Å². The zero-order chi connectivity index (χ0) is 15.8. The van der Waals surface area contributed by atoms with Gasteiger partial charge in [0.25, 0.3) is 11.7 Å². The number of hydrogen-bond acceptors (Lipinski definition) is 5. The first kappa shape index (κ1) is 15.2. The molecular weight excluding hydrogens is 274 g/mol. The molecule has 1 atom stereocenters. The Hall–Kier alpha value is -2.21. The molecule has 1 aromatic carbocycles. The van der Waals surface area contributed by atoms with Crippen molar-refractivity contribution >= 4 is 23.3 Å². The number of carbonyl (C=O) groups is 3. The lowest BCUT2D eigenvalue weighted by Crippen LogP contribution is -2.49. The van der Waals surface area contributed by atoms with Crippen LogP contribution in [0.2, 0.25) is 0 Å². The van der Waals surface area contributed by atoms with E-state index in [1.54, 1.807) is 12.1 Å². The monoisotopic (exact) mass is 291 g/mol. The predicted octanol–water partition coefficient (Wildman–Crippen LogP) is 0.702. The number of fused-ring (bicyclic) bond motifs is 1. The van der Waals surface area contributed by atoms with E-state index in [-0.39, 0.29) is 6.54 Å². The number of hydrogen-bond donors (Lipinski definition) is 1. The summed E-state index contributed by atoms with van der Waals surface area (Å²) < 4.78 is 4.50. The Labute approximate surface area is 122 Å². The molecule has 0 spiro atoms. The molecule has 6 heteroatoms. The first-order valence-electron chi connectivity index (χ1n) is 6.61. The van der Waals surface area contributed by atoms with Gasteiger partial charge in [0, 0.05) is 0 Å². The molecule has 1 aromatic rings. The number of rotatable bonds is 4. The van der Waals surface area contributed by atoms with E-state index >= 15 is 0 Å². The highest BCUT2D eigenvalue weighted by molar-refractivity contribution is 6.52. The maximum absolute atomic E-state index is 12.1. The van der Waals surface area contributed by atoms with Gasteiger partial charge in [0.2, 0.25) is 0 Å². The van der Waals surface area contributed by atoms with Crippen molar-refractivity contribution in [2.24, 2.45) is 0 Å². The average molecular weight is 291 g/mol. The Balaban J connectivity index is 2.38. The zero-order valence-electron chi connectivity index (χ0n) is 12.2. The highest BCUT2D eigenvalue weighted by atomic mass is 16.5. The molecule has 2 rings (SSSR count). The molecule has 6 nitrogen and oxygen atoms in total. The number of amides is 1. The molecule has 0 aliphatic carbocycles. The summed E-state index contributed by atoms with van der Waals surface area (Å²) in [5.41, 5.74) is -0.224. The Bertz CT molecular complexity index is 620. The summed E-state index contributed by atoms with van der Waals surface area (Å²) in [4.78, 5) is 36.7. The average Bonchev–Trinajstić information content (AvgIpc) is 2.70. The van der Waals surface area contributed by atoms with E-state index in [0.717, 1.165) is 24.0 Å². The smallest absolute Gasteiger partial charge is 0.339 e. The molecule has 21 heavy (non-hydrogen) atoms. The zero-order valence-corrected chi connectivity index (χ0v) is 12.2. The topological polar surface area (TPSA) is 83.9 Å². The number of anilines is 1. The van der Waals surface area contributed by atoms with Crippen LogP contribution < -0.4 is 4.90 Å². The number of benzene rings is 1. The SMILES string of the molecule is CCc1ccc2c(c1)C(=O)C(=O)N2CC(C)(O)C(=O)OC. The van der Waals surface area contributed by atoms with Crippen LogP contribution in [0.3, 0.4) is 0 Å². The van der Waals surface area contributed by atoms with Crippen molar-refractivity contribution in [3.05, 3.63) is 29.3 Å². The molecule has 0 saturated carbocycles. The highest BCUT2D eigenvalue weighted by Gasteiger charge is 2.42. The van der Waals surface area contributed by atoms with Gasteiger partial charge in [0.15, 0.2) is 5.60 Å². The van der Waals surface area contributed by atoms with Gasteiger partial charge in [-0.2, -0.15) is 0 Å². The van der Waals surface area contributed by atoms with E-state index in [1.807, 2.05) is 13.0 Å². The number of esters is 1. The molecule has 0 radical (unpaired) electrons. The van der Waals surface area contributed by atoms with Crippen LogP contribution in [-0.2, 0) is 20.7 Å². The van der Waals surface area contributed by atoms with Crippen molar-refractivity contribution in [1.82, 2.24) is 0 Å². The molecule has 0 fully saturated rings. The van der Waals surface area contributed by atoms with Crippen molar-refractivity contribution in [3.63, 3.8) is 0 Å². The largest absolute Gasteiger partial charge is 0.467 e. The maximum Gasteiger partial charge on any atom is 0.339 e. The summed E-state index contributed by atoms with van der Waals surface area (Å²) in [7, 11) is 1.15. The Morgan fingerprint density at radius 2 is 2.05 bits per heavy atom. The number of Topliss-reactive ketones (excluding diaryl/α,β-unsaturated/α-hetero) is 1. The summed E-state index contributed by atoms with van der Waals surface area (Å²) >= 11 is 0. The minimum absolute atomic E-state index is 0.306. The van der Waals surface area contributed by atoms with Gasteiger partial charge in [-0.3, -0.25) is 9.59 Å². The summed E-state index contributed by atoms with van der Waals surface area (Å²) in [5.74, 6) is -2.23.